The zero-order valence-electron chi connectivity index (χ0n) is 22.4. The number of fused-ring (bicyclic) bond motifs is 3. The minimum atomic E-state index is -0.453. The number of pyridine rings is 2. The van der Waals surface area contributed by atoms with Crippen LogP contribution >= 0.6 is 0 Å². The largest absolute Gasteiger partial charge is 0.457 e. The van der Waals surface area contributed by atoms with Crippen molar-refractivity contribution in [2.75, 3.05) is 18.4 Å². The highest BCUT2D eigenvalue weighted by molar-refractivity contribution is 5.88. The normalized spacial score (nSPS) is 20.0. The van der Waals surface area contributed by atoms with E-state index < -0.39 is 5.82 Å². The molecule has 1 aliphatic heterocycles. The number of halogens is 1. The number of nitrogens with zero attached hydrogens (tertiary/aromatic N) is 7. The fourth-order valence-corrected chi connectivity index (χ4v) is 6.18. The van der Waals surface area contributed by atoms with Crippen LogP contribution in [0.4, 0.5) is 15.9 Å². The second kappa shape index (κ2) is 9.92. The molecular formula is C30H27FN8O2. The van der Waals surface area contributed by atoms with E-state index in [0.717, 1.165) is 25.1 Å². The maximum atomic E-state index is 15.6. The molecule has 0 spiro atoms. The van der Waals surface area contributed by atoms with E-state index in [-0.39, 0.29) is 17.5 Å². The van der Waals surface area contributed by atoms with Crippen molar-refractivity contribution in [3.05, 3.63) is 85.0 Å². The van der Waals surface area contributed by atoms with Crippen molar-refractivity contribution in [3.8, 4) is 11.5 Å². The number of anilines is 2. The van der Waals surface area contributed by atoms with Gasteiger partial charge in [-0.3, -0.25) is 4.79 Å². The number of amides is 1. The Morgan fingerprint density at radius 2 is 2.02 bits per heavy atom. The van der Waals surface area contributed by atoms with Crippen molar-refractivity contribution in [1.29, 1.82) is 0 Å². The van der Waals surface area contributed by atoms with Gasteiger partial charge in [-0.25, -0.2) is 28.8 Å². The van der Waals surface area contributed by atoms with Crippen LogP contribution in [0.25, 0.3) is 16.7 Å². The summed E-state index contributed by atoms with van der Waals surface area (Å²) in [6.07, 6.45) is 8.08. The average Bonchev–Trinajstić information content (AvgIpc) is 3.72. The third kappa shape index (κ3) is 4.43. The lowest BCUT2D eigenvalue weighted by Crippen LogP contribution is -2.28. The van der Waals surface area contributed by atoms with Crippen LogP contribution in [-0.4, -0.2) is 53.4 Å². The van der Waals surface area contributed by atoms with Crippen molar-refractivity contribution in [2.24, 2.45) is 11.8 Å². The lowest BCUT2D eigenvalue weighted by molar-refractivity contribution is -0.125. The van der Waals surface area contributed by atoms with E-state index >= 15 is 4.39 Å². The molecule has 41 heavy (non-hydrogen) atoms. The number of rotatable bonds is 6. The Hall–Kier alpha value is -4.93. The zero-order valence-corrected chi connectivity index (χ0v) is 22.4. The van der Waals surface area contributed by atoms with Crippen LogP contribution in [0.1, 0.15) is 30.0 Å². The second-order valence-corrected chi connectivity index (χ2v) is 10.6. The van der Waals surface area contributed by atoms with Gasteiger partial charge in [-0.05, 0) is 68.0 Å². The number of carbonyl (C=O) groups is 1. The number of likely N-dealkylation sites (tertiary alicyclic amines) is 1. The van der Waals surface area contributed by atoms with Crippen molar-refractivity contribution in [1.82, 2.24) is 34.4 Å². The minimum absolute atomic E-state index is 0.0189. The first kappa shape index (κ1) is 25.1. The monoisotopic (exact) mass is 550 g/mol. The van der Waals surface area contributed by atoms with Gasteiger partial charge >= 0.3 is 0 Å². The second-order valence-electron chi connectivity index (χ2n) is 10.6. The highest BCUT2D eigenvalue weighted by Crippen LogP contribution is 2.47. The third-order valence-electron chi connectivity index (χ3n) is 8.30. The summed E-state index contributed by atoms with van der Waals surface area (Å²) >= 11 is 0. The number of hydrogen-bond acceptors (Lipinski definition) is 8. The maximum absolute atomic E-state index is 15.6. The Bertz CT molecular complexity index is 1820. The Balaban J connectivity index is 1.15. The molecule has 0 bridgehead atoms. The SMILES string of the molecule is C=CC(=O)N1C[C@H]2CC[C@H](c3ccc4ncnc(Nc5ccc(Oc6ccn7ncnc7c6)c(C)c5F)c4n3)[C@H]2C1. The van der Waals surface area contributed by atoms with Crippen molar-refractivity contribution in [3.63, 3.8) is 0 Å². The van der Waals surface area contributed by atoms with E-state index in [0.29, 0.717) is 57.9 Å². The molecule has 1 aliphatic carbocycles. The maximum Gasteiger partial charge on any atom is 0.245 e. The lowest BCUT2D eigenvalue weighted by atomic mass is 9.89. The number of hydrogen-bond donors (Lipinski definition) is 1. The zero-order chi connectivity index (χ0) is 28.1. The highest BCUT2D eigenvalue weighted by atomic mass is 19.1. The molecule has 1 saturated carbocycles. The van der Waals surface area contributed by atoms with Crippen LogP contribution < -0.4 is 10.1 Å². The molecule has 1 aromatic carbocycles. The van der Waals surface area contributed by atoms with Crippen LogP contribution in [0, 0.1) is 24.6 Å². The number of aromatic nitrogens is 6. The standard InChI is InChI=1S/C30H27FN8O2/c1-3-27(40)38-13-18-4-5-20(21(18)14-38)22-6-7-24-29(36-22)30(34-15-32-24)37-23-8-9-25(17(2)28(23)31)41-19-10-11-39-26(12-19)33-16-35-39/h3,6-12,15-16,18,20-21H,1,4-5,13-14H2,2H3,(H,32,34,37)/t18-,20+,21+/m1/s1. The molecule has 7 rings (SSSR count). The van der Waals surface area contributed by atoms with Crippen LogP contribution in [0.5, 0.6) is 11.5 Å². The Kier molecular flexibility index (Phi) is 6.06. The van der Waals surface area contributed by atoms with Gasteiger partial charge in [-0.1, -0.05) is 6.58 Å². The van der Waals surface area contributed by atoms with E-state index in [1.807, 2.05) is 17.0 Å². The van der Waals surface area contributed by atoms with Crippen molar-refractivity contribution in [2.45, 2.75) is 25.7 Å². The number of nitrogens with one attached hydrogen (secondary N) is 1. The molecule has 0 radical (unpaired) electrons. The molecule has 0 unspecified atom stereocenters. The number of ether oxygens (including phenoxy) is 1. The van der Waals surface area contributed by atoms with E-state index in [2.05, 4.69) is 31.9 Å². The minimum Gasteiger partial charge on any atom is -0.457 e. The average molecular weight is 551 g/mol. The number of benzene rings is 1. The Morgan fingerprint density at radius 3 is 2.90 bits per heavy atom. The molecule has 1 N–H and O–H groups in total. The van der Waals surface area contributed by atoms with Gasteiger partial charge in [-0.15, -0.1) is 0 Å². The summed E-state index contributed by atoms with van der Waals surface area (Å²) in [5.41, 5.74) is 3.41. The van der Waals surface area contributed by atoms with Crippen LogP contribution in [0.15, 0.2) is 67.9 Å². The summed E-state index contributed by atoms with van der Waals surface area (Å²) in [5, 5.41) is 7.21. The molecule has 5 aromatic rings. The lowest BCUT2D eigenvalue weighted by Gasteiger charge is -2.20. The van der Waals surface area contributed by atoms with Gasteiger partial charge < -0.3 is 15.0 Å². The molecule has 10 nitrogen and oxygen atoms in total. The fraction of sp³-hybridized carbons (Fsp3) is 0.267. The first-order chi connectivity index (χ1) is 20.0. The smallest absolute Gasteiger partial charge is 0.245 e. The first-order valence-electron chi connectivity index (χ1n) is 13.5. The van der Waals surface area contributed by atoms with Gasteiger partial charge in [0.15, 0.2) is 17.3 Å². The van der Waals surface area contributed by atoms with Gasteiger partial charge in [0, 0.05) is 42.5 Å². The van der Waals surface area contributed by atoms with Crippen LogP contribution in [0.2, 0.25) is 0 Å². The summed E-state index contributed by atoms with van der Waals surface area (Å²) in [6.45, 7) is 6.78. The van der Waals surface area contributed by atoms with Gasteiger partial charge in [0.1, 0.15) is 29.7 Å². The molecular weight excluding hydrogens is 523 g/mol. The van der Waals surface area contributed by atoms with Gasteiger partial charge in [0.2, 0.25) is 5.91 Å². The predicted octanol–water partition coefficient (Wildman–Crippen LogP) is 5.19. The highest BCUT2D eigenvalue weighted by Gasteiger charge is 2.44. The topological polar surface area (TPSA) is 110 Å². The van der Waals surface area contributed by atoms with E-state index in [1.54, 1.807) is 41.9 Å². The van der Waals surface area contributed by atoms with Gasteiger partial charge in [0.05, 0.1) is 11.2 Å². The summed E-state index contributed by atoms with van der Waals surface area (Å²) < 4.78 is 23.2. The van der Waals surface area contributed by atoms with Gasteiger partial charge in [0.25, 0.3) is 0 Å². The fourth-order valence-electron chi connectivity index (χ4n) is 6.18. The summed E-state index contributed by atoms with van der Waals surface area (Å²) in [7, 11) is 0. The quantitative estimate of drug-likeness (QED) is 0.288. The molecule has 3 atom stereocenters. The van der Waals surface area contributed by atoms with Crippen molar-refractivity contribution < 1.29 is 13.9 Å². The van der Waals surface area contributed by atoms with Crippen LogP contribution in [0.3, 0.4) is 0 Å². The third-order valence-corrected chi connectivity index (χ3v) is 8.30. The predicted molar refractivity (Wildman–Crippen MR) is 151 cm³/mol. The molecule has 1 amide bonds. The van der Waals surface area contributed by atoms with E-state index in [4.69, 9.17) is 9.72 Å². The van der Waals surface area contributed by atoms with Crippen LogP contribution in [-0.2, 0) is 4.79 Å². The molecule has 1 saturated heterocycles. The summed E-state index contributed by atoms with van der Waals surface area (Å²) in [5.74, 6) is 1.91. The van der Waals surface area contributed by atoms with Gasteiger partial charge in [-0.2, -0.15) is 5.10 Å². The molecule has 2 aliphatic rings. The first-order valence-corrected chi connectivity index (χ1v) is 13.5. The molecule has 5 heterocycles. The summed E-state index contributed by atoms with van der Waals surface area (Å²) in [4.78, 5) is 32.0. The van der Waals surface area contributed by atoms with E-state index in [1.165, 1.54) is 18.7 Å². The number of carbonyl (C=O) groups excluding carboxylic acids is 1. The molecule has 4 aromatic heterocycles. The van der Waals surface area contributed by atoms with E-state index in [9.17, 15) is 4.79 Å². The summed E-state index contributed by atoms with van der Waals surface area (Å²) in [6, 6.07) is 10.8. The Morgan fingerprint density at radius 1 is 1.12 bits per heavy atom. The molecule has 206 valence electrons. The molecule has 2 fully saturated rings. The Labute approximate surface area is 234 Å². The molecule has 11 heteroatoms. The van der Waals surface area contributed by atoms with Crippen molar-refractivity contribution >= 4 is 34.1 Å².